The fraction of sp³-hybridized carbons (Fsp3) is 0.380. The van der Waals surface area contributed by atoms with Crippen molar-refractivity contribution in [1.29, 1.82) is 0 Å². The normalized spacial score (nSPS) is 13.9. The van der Waals surface area contributed by atoms with Crippen LogP contribution in [0.5, 0.6) is 0 Å². The largest absolute Gasteiger partial charge is 0.344 e. The number of ketones is 2. The van der Waals surface area contributed by atoms with Gasteiger partial charge < -0.3 is 20.9 Å². The number of nitrogens with one attached hydrogen (secondary N) is 1. The first-order valence-electron chi connectivity index (χ1n) is 23.2. The zero-order valence-electron chi connectivity index (χ0n) is 38.7. The van der Waals surface area contributed by atoms with Crippen molar-refractivity contribution < 1.29 is 41.5 Å². The molecular weight excluding hydrogens is 897 g/mol. The molecule has 3 N–H and O–H groups in total. The van der Waals surface area contributed by atoms with Crippen molar-refractivity contribution in [2.75, 3.05) is 49.1 Å². The molecule has 0 saturated carbocycles. The van der Waals surface area contributed by atoms with Crippen LogP contribution in [0, 0.1) is 11.6 Å². The lowest BCUT2D eigenvalue weighted by molar-refractivity contribution is -0.131. The van der Waals surface area contributed by atoms with Crippen LogP contribution in [0.1, 0.15) is 84.2 Å². The summed E-state index contributed by atoms with van der Waals surface area (Å²) in [5, 5.41) is 12.5. The van der Waals surface area contributed by atoms with Crippen LogP contribution in [-0.2, 0) is 31.0 Å². The number of carbonyl (C=O) groups excluding carboxylic acids is 5. The second kappa shape index (κ2) is 22.8. The molecule has 15 nitrogen and oxygen atoms in total. The van der Waals surface area contributed by atoms with Gasteiger partial charge in [-0.05, 0) is 101 Å². The summed E-state index contributed by atoms with van der Waals surface area (Å²) in [5.41, 5.74) is 9.13. The standard InChI is InChI=1S/C26H28F3N5O3.C24H28FN5O2/c1-2-34-22-13-20(9-8-18(22)14-31-34)33(26(37)32-10-4-3-5-11-32)16-19-7-6-17(12-21(19)27)23(35)15-30-25(36)24(28)29;1-2-30-22-13-20(9-8-18(22)15-27-30)29(24(32)28-10-4-3-5-11-28)16-19-7-6-17(12-21(19)25)23(31)14-26/h6-9,12-14,24H,2-5,10-11,15-16H2,1H3,(H,30,36);6-9,12-13,15H,2-5,10-11,14,16,26H2,1H3. The second-order valence-corrected chi connectivity index (χ2v) is 16.9. The molecule has 8 rings (SSSR count). The minimum Gasteiger partial charge on any atom is -0.344 e. The minimum absolute atomic E-state index is 0.0596. The molecule has 6 aromatic rings. The van der Waals surface area contributed by atoms with E-state index in [0.717, 1.165) is 66.4 Å². The van der Waals surface area contributed by atoms with E-state index in [1.54, 1.807) is 40.4 Å². The number of likely N-dealkylation sites (tertiary alicyclic amines) is 2. The number of benzene rings is 4. The number of anilines is 2. The molecule has 2 saturated heterocycles. The number of aryl methyl sites for hydroxylation is 2. The van der Waals surface area contributed by atoms with Crippen molar-refractivity contribution in [3.63, 3.8) is 0 Å². The highest BCUT2D eigenvalue weighted by molar-refractivity contribution is 6.00. The van der Waals surface area contributed by atoms with E-state index in [1.807, 2.05) is 63.8 Å². The first-order valence-corrected chi connectivity index (χ1v) is 23.2. The van der Waals surface area contributed by atoms with E-state index in [2.05, 4.69) is 10.2 Å². The van der Waals surface area contributed by atoms with Crippen molar-refractivity contribution in [1.82, 2.24) is 34.7 Å². The van der Waals surface area contributed by atoms with E-state index >= 15 is 4.39 Å². The molecular formula is C50H56F4N10O5. The molecule has 4 heterocycles. The summed E-state index contributed by atoms with van der Waals surface area (Å²) in [4.78, 5) is 68.9. The topological polar surface area (TPSA) is 172 Å². The van der Waals surface area contributed by atoms with Gasteiger partial charge in [0.25, 0.3) is 5.91 Å². The van der Waals surface area contributed by atoms with Gasteiger partial charge in [-0.3, -0.25) is 33.5 Å². The lowest BCUT2D eigenvalue weighted by Gasteiger charge is -2.33. The van der Waals surface area contributed by atoms with Crippen molar-refractivity contribution in [2.45, 2.75) is 85.0 Å². The first kappa shape index (κ1) is 49.7. The summed E-state index contributed by atoms with van der Waals surface area (Å²) >= 11 is 0. The Hall–Kier alpha value is -7.15. The third kappa shape index (κ3) is 11.8. The van der Waals surface area contributed by atoms with E-state index < -0.39 is 36.3 Å². The predicted molar refractivity (Wildman–Crippen MR) is 254 cm³/mol. The van der Waals surface area contributed by atoms with Gasteiger partial charge in [-0.15, -0.1) is 0 Å². The summed E-state index contributed by atoms with van der Waals surface area (Å²) in [6, 6.07) is 18.9. The van der Waals surface area contributed by atoms with E-state index in [0.29, 0.717) is 56.2 Å². The molecule has 0 bridgehead atoms. The van der Waals surface area contributed by atoms with Crippen LogP contribution in [0.3, 0.4) is 0 Å². The van der Waals surface area contributed by atoms with Crippen LogP contribution in [0.4, 0.5) is 38.5 Å². The average molecular weight is 953 g/mol. The van der Waals surface area contributed by atoms with Crippen molar-refractivity contribution in [3.8, 4) is 0 Å². The van der Waals surface area contributed by atoms with Crippen LogP contribution in [-0.4, -0.2) is 105 Å². The Kier molecular flexibility index (Phi) is 16.4. The summed E-state index contributed by atoms with van der Waals surface area (Å²) in [5.74, 6) is -3.85. The fourth-order valence-corrected chi connectivity index (χ4v) is 8.51. The number of nitrogens with two attached hydrogens (primary N) is 1. The molecule has 2 aliphatic heterocycles. The Labute approximate surface area is 396 Å². The molecule has 4 aromatic carbocycles. The van der Waals surface area contributed by atoms with Gasteiger partial charge in [0.1, 0.15) is 11.6 Å². The number of halogens is 4. The van der Waals surface area contributed by atoms with Crippen molar-refractivity contribution in [3.05, 3.63) is 119 Å². The molecule has 0 spiro atoms. The number of hydrogen-bond donors (Lipinski definition) is 2. The molecule has 69 heavy (non-hydrogen) atoms. The van der Waals surface area contributed by atoms with Gasteiger partial charge in [-0.25, -0.2) is 18.4 Å². The highest BCUT2D eigenvalue weighted by atomic mass is 19.3. The number of urea groups is 2. The van der Waals surface area contributed by atoms with Gasteiger partial charge in [0.2, 0.25) is 0 Å². The summed E-state index contributed by atoms with van der Waals surface area (Å²) in [6.45, 7) is 7.07. The molecule has 2 aliphatic rings. The van der Waals surface area contributed by atoms with Crippen molar-refractivity contribution >= 4 is 62.7 Å². The number of fused-ring (bicyclic) bond motifs is 2. The van der Waals surface area contributed by atoms with E-state index in [4.69, 9.17) is 5.73 Å². The minimum atomic E-state index is -3.24. The number of aromatic nitrogens is 4. The number of nitrogens with zero attached hydrogens (tertiary/aromatic N) is 8. The van der Waals surface area contributed by atoms with E-state index in [1.165, 1.54) is 23.1 Å². The van der Waals surface area contributed by atoms with E-state index in [9.17, 15) is 37.1 Å². The van der Waals surface area contributed by atoms with Crippen molar-refractivity contribution in [2.24, 2.45) is 5.73 Å². The zero-order valence-corrected chi connectivity index (χ0v) is 38.7. The number of hydrogen-bond acceptors (Lipinski definition) is 8. The molecule has 19 heteroatoms. The molecule has 2 fully saturated rings. The van der Waals surface area contributed by atoms with Gasteiger partial charge >= 0.3 is 18.5 Å². The molecule has 0 aliphatic carbocycles. The van der Waals surface area contributed by atoms with Gasteiger partial charge in [-0.1, -0.05) is 24.3 Å². The number of Topliss-reactive ketones (excluding diaryl/α,β-unsaturated/α-hetero) is 2. The lowest BCUT2D eigenvalue weighted by atomic mass is 10.1. The van der Waals surface area contributed by atoms with Gasteiger partial charge in [0.05, 0.1) is 49.6 Å². The van der Waals surface area contributed by atoms with Crippen LogP contribution >= 0.6 is 0 Å². The summed E-state index contributed by atoms with van der Waals surface area (Å²) in [7, 11) is 0. The lowest BCUT2D eigenvalue weighted by Crippen LogP contribution is -2.45. The Morgan fingerprint density at radius 1 is 0.623 bits per heavy atom. The number of piperidine rings is 2. The fourth-order valence-electron chi connectivity index (χ4n) is 8.51. The maximum Gasteiger partial charge on any atom is 0.324 e. The van der Waals surface area contributed by atoms with Crippen LogP contribution in [0.25, 0.3) is 21.8 Å². The maximum absolute atomic E-state index is 15.1. The molecule has 0 radical (unpaired) electrons. The average Bonchev–Trinajstić information content (AvgIpc) is 4.00. The monoisotopic (exact) mass is 952 g/mol. The van der Waals surface area contributed by atoms with Crippen LogP contribution < -0.4 is 20.9 Å². The molecule has 5 amide bonds. The molecule has 364 valence electrons. The third-order valence-corrected chi connectivity index (χ3v) is 12.4. The number of carbonyl (C=O) groups is 5. The quantitative estimate of drug-likeness (QED) is 0.0811. The predicted octanol–water partition coefficient (Wildman–Crippen LogP) is 8.32. The third-order valence-electron chi connectivity index (χ3n) is 12.4. The van der Waals surface area contributed by atoms with Gasteiger partial charge in [0, 0.05) is 83.7 Å². The Balaban J connectivity index is 0.000000206. The maximum atomic E-state index is 15.1. The zero-order chi connectivity index (χ0) is 49.2. The SMILES string of the molecule is CCn1ncc2ccc(N(Cc3ccc(C(=O)CN)cc3F)C(=O)N3CCCCC3)cc21.CCn1ncc2ccc(N(Cc3ccc(C(=O)CNC(=O)C(F)F)cc3F)C(=O)N3CCCCC3)cc21. The highest BCUT2D eigenvalue weighted by Crippen LogP contribution is 2.29. The Morgan fingerprint density at radius 2 is 1.06 bits per heavy atom. The molecule has 0 atom stereocenters. The van der Waals surface area contributed by atoms with E-state index in [-0.39, 0.29) is 54.2 Å². The van der Waals surface area contributed by atoms with Gasteiger partial charge in [-0.2, -0.15) is 19.0 Å². The Bertz CT molecular complexity index is 2820. The first-order chi connectivity index (χ1) is 33.3. The van der Waals surface area contributed by atoms with Crippen LogP contribution in [0.2, 0.25) is 0 Å². The number of amides is 5. The molecule has 0 unspecified atom stereocenters. The molecule has 2 aromatic heterocycles. The summed E-state index contributed by atoms with van der Waals surface area (Å²) < 4.78 is 58.4. The highest BCUT2D eigenvalue weighted by Gasteiger charge is 2.28. The van der Waals surface area contributed by atoms with Gasteiger partial charge in [0.15, 0.2) is 11.6 Å². The summed E-state index contributed by atoms with van der Waals surface area (Å²) in [6.07, 6.45) is 6.18. The second-order valence-electron chi connectivity index (χ2n) is 16.9. The number of alkyl halides is 2. The number of rotatable bonds is 14. The van der Waals surface area contributed by atoms with Crippen LogP contribution in [0.15, 0.2) is 85.2 Å². The Morgan fingerprint density at radius 3 is 1.45 bits per heavy atom. The smallest absolute Gasteiger partial charge is 0.324 e.